The first-order chi connectivity index (χ1) is 9.66. The molecule has 22 heavy (non-hydrogen) atoms. The summed E-state index contributed by atoms with van der Waals surface area (Å²) in [6.07, 6.45) is 2.82. The van der Waals surface area contributed by atoms with Gasteiger partial charge in [0.15, 0.2) is 0 Å². The topological polar surface area (TPSA) is 68.0 Å². The van der Waals surface area contributed by atoms with Crippen LogP contribution in [0.1, 0.15) is 23.2 Å². The van der Waals surface area contributed by atoms with Crippen molar-refractivity contribution in [2.45, 2.75) is 26.3 Å². The number of para-hydroxylation sites is 1. The monoisotopic (exact) mass is 341 g/mol. The summed E-state index contributed by atoms with van der Waals surface area (Å²) < 4.78 is 0. The van der Waals surface area contributed by atoms with Crippen molar-refractivity contribution in [1.29, 1.82) is 0 Å². The quantitative estimate of drug-likeness (QED) is 0.821. The first kappa shape index (κ1) is 20.2. The third-order valence-electron chi connectivity index (χ3n) is 3.25. The van der Waals surface area contributed by atoms with Gasteiger partial charge in [-0.1, -0.05) is 24.3 Å². The van der Waals surface area contributed by atoms with Gasteiger partial charge in [-0.2, -0.15) is 0 Å². The summed E-state index contributed by atoms with van der Waals surface area (Å²) in [5, 5.41) is 2.89. The van der Waals surface area contributed by atoms with Gasteiger partial charge in [0.25, 0.3) is 0 Å². The molecule has 4 nitrogen and oxygen atoms in total. The number of aryl methyl sites for hydroxylation is 2. The predicted octanol–water partition coefficient (Wildman–Crippen LogP) is 3.06. The van der Waals surface area contributed by atoms with E-state index in [0.717, 1.165) is 22.5 Å². The van der Waals surface area contributed by atoms with E-state index >= 15 is 0 Å². The number of benzene rings is 1. The number of pyridine rings is 1. The van der Waals surface area contributed by atoms with E-state index in [2.05, 4.69) is 10.3 Å². The lowest BCUT2D eigenvalue weighted by Crippen LogP contribution is -2.24. The van der Waals surface area contributed by atoms with E-state index in [1.54, 1.807) is 6.20 Å². The number of anilines is 1. The molecule has 0 spiro atoms. The molecule has 2 aromatic rings. The van der Waals surface area contributed by atoms with E-state index in [4.69, 9.17) is 5.73 Å². The van der Waals surface area contributed by atoms with Gasteiger partial charge in [0.05, 0.1) is 12.2 Å². The zero-order valence-corrected chi connectivity index (χ0v) is 14.0. The minimum Gasteiger partial charge on any atom is -0.399 e. The van der Waals surface area contributed by atoms with E-state index in [1.807, 2.05) is 43.3 Å². The molecule has 1 amide bonds. The van der Waals surface area contributed by atoms with E-state index in [-0.39, 0.29) is 30.7 Å². The largest absolute Gasteiger partial charge is 0.399 e. The van der Waals surface area contributed by atoms with Gasteiger partial charge in [-0.25, -0.2) is 0 Å². The Morgan fingerprint density at radius 3 is 2.59 bits per heavy atom. The van der Waals surface area contributed by atoms with Crippen LogP contribution in [-0.4, -0.2) is 10.9 Å². The first-order valence-corrected chi connectivity index (χ1v) is 6.67. The Labute approximate surface area is 143 Å². The summed E-state index contributed by atoms with van der Waals surface area (Å²) in [5.41, 5.74) is 9.58. The average molecular weight is 342 g/mol. The van der Waals surface area contributed by atoms with Crippen molar-refractivity contribution in [1.82, 2.24) is 10.3 Å². The molecule has 0 aliphatic carbocycles. The van der Waals surface area contributed by atoms with Gasteiger partial charge in [0.2, 0.25) is 5.91 Å². The Morgan fingerprint density at radius 2 is 1.91 bits per heavy atom. The summed E-state index contributed by atoms with van der Waals surface area (Å²) in [4.78, 5) is 16.1. The number of nitrogen functional groups attached to an aromatic ring is 1. The molecule has 0 aliphatic rings. The Bertz CT molecular complexity index is 554. The van der Waals surface area contributed by atoms with Gasteiger partial charge >= 0.3 is 0 Å². The molecule has 120 valence electrons. The van der Waals surface area contributed by atoms with Crippen LogP contribution >= 0.6 is 24.8 Å². The Kier molecular flexibility index (Phi) is 9.22. The van der Waals surface area contributed by atoms with Gasteiger partial charge in [0, 0.05) is 18.3 Å². The van der Waals surface area contributed by atoms with Crippen LogP contribution in [0.2, 0.25) is 0 Å². The number of nitrogens with one attached hydrogen (secondary N) is 1. The minimum atomic E-state index is 0. The number of aromatic nitrogens is 1. The molecule has 0 fully saturated rings. The second-order valence-corrected chi connectivity index (χ2v) is 4.74. The molecule has 1 aromatic heterocycles. The molecule has 3 N–H and O–H groups in total. The number of amides is 1. The normalized spacial score (nSPS) is 9.32. The maximum absolute atomic E-state index is 11.8. The van der Waals surface area contributed by atoms with Crippen LogP contribution in [0.3, 0.4) is 0 Å². The maximum atomic E-state index is 11.8. The number of carbonyl (C=O) groups excluding carboxylic acids is 1. The first-order valence-electron chi connectivity index (χ1n) is 6.67. The summed E-state index contributed by atoms with van der Waals surface area (Å²) in [5.74, 6) is 0.0123. The van der Waals surface area contributed by atoms with Crippen molar-refractivity contribution < 1.29 is 4.79 Å². The number of halogens is 2. The molecule has 6 heteroatoms. The van der Waals surface area contributed by atoms with Crippen LogP contribution in [0.5, 0.6) is 0 Å². The molecule has 1 heterocycles. The molecule has 0 atom stereocenters. The highest BCUT2D eigenvalue weighted by molar-refractivity contribution is 5.85. The fourth-order valence-electron chi connectivity index (χ4n) is 1.98. The molecule has 2 rings (SSSR count). The SMILES string of the molecule is Cc1cccnc1CNC(=O)CCc1ccccc1N.Cl.Cl. The fraction of sp³-hybridized carbons (Fsp3) is 0.250. The van der Waals surface area contributed by atoms with Gasteiger partial charge in [0.1, 0.15) is 0 Å². The van der Waals surface area contributed by atoms with E-state index in [9.17, 15) is 4.79 Å². The van der Waals surface area contributed by atoms with Crippen molar-refractivity contribution >= 4 is 36.4 Å². The number of rotatable bonds is 5. The highest BCUT2D eigenvalue weighted by Crippen LogP contribution is 2.12. The van der Waals surface area contributed by atoms with Crippen LogP contribution in [-0.2, 0) is 17.8 Å². The summed E-state index contributed by atoms with van der Waals surface area (Å²) in [7, 11) is 0. The van der Waals surface area contributed by atoms with Crippen LogP contribution in [0.4, 0.5) is 5.69 Å². The smallest absolute Gasteiger partial charge is 0.220 e. The Morgan fingerprint density at radius 1 is 1.18 bits per heavy atom. The predicted molar refractivity (Wildman–Crippen MR) is 94.5 cm³/mol. The number of hydrogen-bond donors (Lipinski definition) is 2. The van der Waals surface area contributed by atoms with Crippen molar-refractivity contribution in [2.75, 3.05) is 5.73 Å². The van der Waals surface area contributed by atoms with Crippen LogP contribution in [0.15, 0.2) is 42.6 Å². The zero-order chi connectivity index (χ0) is 14.4. The number of nitrogens with zero attached hydrogens (tertiary/aromatic N) is 1. The molecule has 1 aromatic carbocycles. The average Bonchev–Trinajstić information content (AvgIpc) is 2.45. The van der Waals surface area contributed by atoms with E-state index in [0.29, 0.717) is 19.4 Å². The number of hydrogen-bond acceptors (Lipinski definition) is 3. The van der Waals surface area contributed by atoms with Crippen LogP contribution < -0.4 is 11.1 Å². The minimum absolute atomic E-state index is 0. The summed E-state index contributed by atoms with van der Waals surface area (Å²) in [6.45, 7) is 2.45. The summed E-state index contributed by atoms with van der Waals surface area (Å²) >= 11 is 0. The second-order valence-electron chi connectivity index (χ2n) is 4.74. The molecule has 0 radical (unpaired) electrons. The van der Waals surface area contributed by atoms with Crippen molar-refractivity contribution in [2.24, 2.45) is 0 Å². The Balaban J connectivity index is 0.00000220. The second kappa shape index (κ2) is 10.0. The van der Waals surface area contributed by atoms with Crippen molar-refractivity contribution in [3.8, 4) is 0 Å². The van der Waals surface area contributed by atoms with E-state index < -0.39 is 0 Å². The maximum Gasteiger partial charge on any atom is 0.220 e. The molecule has 0 bridgehead atoms. The van der Waals surface area contributed by atoms with Crippen LogP contribution in [0.25, 0.3) is 0 Å². The van der Waals surface area contributed by atoms with Crippen molar-refractivity contribution in [3.63, 3.8) is 0 Å². The van der Waals surface area contributed by atoms with Crippen molar-refractivity contribution in [3.05, 3.63) is 59.4 Å². The van der Waals surface area contributed by atoms with Crippen LogP contribution in [0, 0.1) is 6.92 Å². The van der Waals surface area contributed by atoms with Gasteiger partial charge < -0.3 is 11.1 Å². The van der Waals surface area contributed by atoms with Gasteiger partial charge in [-0.3, -0.25) is 9.78 Å². The fourth-order valence-corrected chi connectivity index (χ4v) is 1.98. The molecule has 0 saturated heterocycles. The number of carbonyl (C=O) groups is 1. The molecule has 0 unspecified atom stereocenters. The molecule has 0 aliphatic heterocycles. The lowest BCUT2D eigenvalue weighted by atomic mass is 10.1. The number of nitrogens with two attached hydrogens (primary N) is 1. The summed E-state index contributed by atoms with van der Waals surface area (Å²) in [6, 6.07) is 11.5. The highest BCUT2D eigenvalue weighted by Gasteiger charge is 2.05. The zero-order valence-electron chi connectivity index (χ0n) is 12.4. The third kappa shape index (κ3) is 5.92. The standard InChI is InChI=1S/C16H19N3O.2ClH/c1-12-5-4-10-18-15(12)11-19-16(20)9-8-13-6-2-3-7-14(13)17;;/h2-7,10H,8-9,11,17H2,1H3,(H,19,20);2*1H. The molecule has 0 saturated carbocycles. The highest BCUT2D eigenvalue weighted by atomic mass is 35.5. The van der Waals surface area contributed by atoms with Gasteiger partial charge in [-0.05, 0) is 36.6 Å². The lowest BCUT2D eigenvalue weighted by Gasteiger charge is -2.08. The molecular weight excluding hydrogens is 321 g/mol. The lowest BCUT2D eigenvalue weighted by molar-refractivity contribution is -0.121. The Hall–Kier alpha value is -1.78. The van der Waals surface area contributed by atoms with Gasteiger partial charge in [-0.15, -0.1) is 24.8 Å². The molecular formula is C16H21Cl2N3O. The third-order valence-corrected chi connectivity index (χ3v) is 3.25. The van der Waals surface area contributed by atoms with E-state index in [1.165, 1.54) is 0 Å².